The maximum atomic E-state index is 13.1. The van der Waals surface area contributed by atoms with Crippen LogP contribution in [0.5, 0.6) is 5.75 Å². The molecule has 0 amide bonds. The minimum atomic E-state index is -0.940. The number of nitrogens with zero attached hydrogens (tertiary/aromatic N) is 2. The lowest BCUT2D eigenvalue weighted by atomic mass is 10.0. The fourth-order valence-corrected chi connectivity index (χ4v) is 4.08. The first-order chi connectivity index (χ1) is 12.4. The van der Waals surface area contributed by atoms with E-state index in [1.54, 1.807) is 6.92 Å². The van der Waals surface area contributed by atoms with Crippen molar-refractivity contribution < 1.29 is 14.6 Å². The summed E-state index contributed by atoms with van der Waals surface area (Å²) in [5, 5.41) is 9.48. The van der Waals surface area contributed by atoms with E-state index in [0.29, 0.717) is 22.6 Å². The third kappa shape index (κ3) is 3.35. The lowest BCUT2D eigenvalue weighted by molar-refractivity contribution is -0.137. The van der Waals surface area contributed by atoms with Crippen LogP contribution in [0.25, 0.3) is 21.3 Å². The quantitative estimate of drug-likeness (QED) is 0.715. The Morgan fingerprint density at radius 3 is 2.58 bits per heavy atom. The molecule has 0 aliphatic carbocycles. The van der Waals surface area contributed by atoms with Gasteiger partial charge in [0.15, 0.2) is 0 Å². The largest absolute Gasteiger partial charge is 0.494 e. The lowest BCUT2D eigenvalue weighted by Crippen LogP contribution is -2.24. The number of hydrogen-bond acceptors (Lipinski definition) is 5. The van der Waals surface area contributed by atoms with Crippen LogP contribution in [0.4, 0.5) is 0 Å². The van der Waals surface area contributed by atoms with Crippen LogP contribution in [0.15, 0.2) is 29.1 Å². The van der Waals surface area contributed by atoms with Gasteiger partial charge in [0.2, 0.25) is 0 Å². The van der Waals surface area contributed by atoms with Crippen molar-refractivity contribution >= 4 is 27.5 Å². The second-order valence-electron chi connectivity index (χ2n) is 5.93. The van der Waals surface area contributed by atoms with Gasteiger partial charge in [-0.3, -0.25) is 14.2 Å². The minimum absolute atomic E-state index is 0.112. The van der Waals surface area contributed by atoms with Gasteiger partial charge >= 0.3 is 5.97 Å². The normalized spacial score (nSPS) is 11.0. The first-order valence-corrected chi connectivity index (χ1v) is 9.19. The third-order valence-corrected chi connectivity index (χ3v) is 5.18. The Kier molecular flexibility index (Phi) is 5.08. The molecular formula is C19H20N2O4S. The van der Waals surface area contributed by atoms with Crippen molar-refractivity contribution in [3.63, 3.8) is 0 Å². The van der Waals surface area contributed by atoms with Gasteiger partial charge in [0.25, 0.3) is 5.56 Å². The number of hydrogen-bond donors (Lipinski definition) is 1. The number of aryl methyl sites for hydroxylation is 2. The van der Waals surface area contributed by atoms with E-state index in [1.807, 2.05) is 38.1 Å². The number of rotatable bonds is 6. The van der Waals surface area contributed by atoms with Gasteiger partial charge in [-0.15, -0.1) is 11.3 Å². The predicted octanol–water partition coefficient (Wildman–Crippen LogP) is 3.62. The van der Waals surface area contributed by atoms with Crippen molar-refractivity contribution in [1.82, 2.24) is 9.55 Å². The summed E-state index contributed by atoms with van der Waals surface area (Å²) in [5.74, 6) is 0.370. The smallest absolute Gasteiger partial charge is 0.305 e. The van der Waals surface area contributed by atoms with Gasteiger partial charge < -0.3 is 9.84 Å². The van der Waals surface area contributed by atoms with E-state index in [4.69, 9.17) is 9.84 Å². The van der Waals surface area contributed by atoms with E-state index in [9.17, 15) is 9.59 Å². The average Bonchev–Trinajstić information content (AvgIpc) is 2.91. The van der Waals surface area contributed by atoms with E-state index in [2.05, 4.69) is 4.98 Å². The van der Waals surface area contributed by atoms with Crippen molar-refractivity contribution in [2.45, 2.75) is 33.7 Å². The molecule has 136 valence electrons. The Morgan fingerprint density at radius 2 is 1.96 bits per heavy atom. The molecule has 0 saturated carbocycles. The molecule has 0 fully saturated rings. The Morgan fingerprint density at radius 1 is 1.27 bits per heavy atom. The van der Waals surface area contributed by atoms with Crippen LogP contribution >= 0.6 is 11.3 Å². The van der Waals surface area contributed by atoms with Crippen LogP contribution in [0.3, 0.4) is 0 Å². The Balaban J connectivity index is 2.16. The minimum Gasteiger partial charge on any atom is -0.494 e. The molecule has 0 radical (unpaired) electrons. The summed E-state index contributed by atoms with van der Waals surface area (Å²) in [4.78, 5) is 30.2. The van der Waals surface area contributed by atoms with Crippen molar-refractivity contribution in [1.29, 1.82) is 0 Å². The van der Waals surface area contributed by atoms with Gasteiger partial charge in [0, 0.05) is 17.0 Å². The summed E-state index contributed by atoms with van der Waals surface area (Å²) in [5.41, 5.74) is 1.58. The summed E-state index contributed by atoms with van der Waals surface area (Å²) in [7, 11) is 0. The average molecular weight is 372 g/mol. The molecule has 2 aromatic heterocycles. The number of fused-ring (bicyclic) bond motifs is 1. The number of thiophene rings is 1. The lowest BCUT2D eigenvalue weighted by Gasteiger charge is -2.09. The number of benzene rings is 1. The molecule has 2 heterocycles. The molecule has 0 aliphatic rings. The number of aromatic nitrogens is 2. The monoisotopic (exact) mass is 372 g/mol. The number of carboxylic acids is 1. The fourth-order valence-electron chi connectivity index (χ4n) is 3.00. The molecule has 6 nitrogen and oxygen atoms in total. The third-order valence-electron chi connectivity index (χ3n) is 4.18. The van der Waals surface area contributed by atoms with Crippen molar-refractivity contribution in [3.8, 4) is 16.9 Å². The number of aliphatic carboxylic acids is 1. The number of carboxylic acid groups (broad SMARTS) is 1. The first-order valence-electron chi connectivity index (χ1n) is 8.38. The Labute approximate surface area is 154 Å². The molecular weight excluding hydrogens is 352 g/mol. The van der Waals surface area contributed by atoms with E-state index >= 15 is 0 Å². The van der Waals surface area contributed by atoms with E-state index < -0.39 is 5.97 Å². The maximum Gasteiger partial charge on any atom is 0.305 e. The predicted molar refractivity (Wildman–Crippen MR) is 102 cm³/mol. The van der Waals surface area contributed by atoms with Crippen LogP contribution in [0, 0.1) is 13.8 Å². The maximum absolute atomic E-state index is 13.1. The second kappa shape index (κ2) is 7.29. The summed E-state index contributed by atoms with van der Waals surface area (Å²) in [6, 6.07) is 7.62. The molecule has 1 aromatic carbocycles. The van der Waals surface area contributed by atoms with Gasteiger partial charge in [-0.1, -0.05) is 12.1 Å². The second-order valence-corrected chi connectivity index (χ2v) is 7.13. The highest BCUT2D eigenvalue weighted by Crippen LogP contribution is 2.36. The van der Waals surface area contributed by atoms with Crippen LogP contribution < -0.4 is 10.3 Å². The zero-order valence-corrected chi connectivity index (χ0v) is 15.7. The highest BCUT2D eigenvalue weighted by atomic mass is 32.1. The fraction of sp³-hybridized carbons (Fsp3) is 0.316. The van der Waals surface area contributed by atoms with E-state index in [0.717, 1.165) is 21.8 Å². The molecule has 3 rings (SSSR count). The summed E-state index contributed by atoms with van der Waals surface area (Å²) in [6.45, 7) is 6.33. The summed E-state index contributed by atoms with van der Waals surface area (Å²) >= 11 is 1.48. The summed E-state index contributed by atoms with van der Waals surface area (Å²) in [6.07, 6.45) is -0.116. The van der Waals surface area contributed by atoms with Gasteiger partial charge in [-0.05, 0) is 38.5 Å². The molecule has 3 aromatic rings. The topological polar surface area (TPSA) is 81.4 Å². The van der Waals surface area contributed by atoms with Crippen LogP contribution in [0.2, 0.25) is 0 Å². The van der Waals surface area contributed by atoms with Gasteiger partial charge in [-0.25, -0.2) is 4.98 Å². The Bertz CT molecular complexity index is 1020. The highest BCUT2D eigenvalue weighted by Gasteiger charge is 2.19. The van der Waals surface area contributed by atoms with E-state index in [-0.39, 0.29) is 18.5 Å². The molecule has 0 atom stereocenters. The molecule has 0 saturated heterocycles. The molecule has 0 bridgehead atoms. The van der Waals surface area contributed by atoms with Crippen LogP contribution in [-0.2, 0) is 11.3 Å². The highest BCUT2D eigenvalue weighted by molar-refractivity contribution is 7.19. The molecule has 1 N–H and O–H groups in total. The molecule has 0 unspecified atom stereocenters. The molecule has 0 aliphatic heterocycles. The molecule has 0 spiro atoms. The Hall–Kier alpha value is -2.67. The van der Waals surface area contributed by atoms with Crippen molar-refractivity contribution in [2.75, 3.05) is 6.61 Å². The van der Waals surface area contributed by atoms with Gasteiger partial charge in [-0.2, -0.15) is 0 Å². The number of carbonyl (C=O) groups is 1. The number of ether oxygens (including phenoxy) is 1. The zero-order chi connectivity index (χ0) is 18.8. The van der Waals surface area contributed by atoms with Crippen molar-refractivity contribution in [3.05, 3.63) is 45.3 Å². The van der Waals surface area contributed by atoms with Crippen molar-refractivity contribution in [2.24, 2.45) is 0 Å². The van der Waals surface area contributed by atoms with Crippen LogP contribution in [0.1, 0.15) is 24.0 Å². The van der Waals surface area contributed by atoms with Gasteiger partial charge in [0.05, 0.1) is 18.4 Å². The molecule has 26 heavy (non-hydrogen) atoms. The zero-order valence-electron chi connectivity index (χ0n) is 14.9. The van der Waals surface area contributed by atoms with Crippen LogP contribution in [-0.4, -0.2) is 27.2 Å². The van der Waals surface area contributed by atoms with Gasteiger partial charge in [0.1, 0.15) is 16.4 Å². The standard InChI is InChI=1S/C19H20N2O4S/c1-4-25-14-7-5-13(6-8-14)16-11(2)26-18-17(16)19(24)21(12(3)20-18)10-9-15(22)23/h5-8H,4,9-10H2,1-3H3,(H,22,23). The molecule has 7 heteroatoms. The SMILES string of the molecule is CCOc1ccc(-c2c(C)sc3nc(C)n(CCC(=O)O)c(=O)c23)cc1. The first kappa shape index (κ1) is 18.1. The summed E-state index contributed by atoms with van der Waals surface area (Å²) < 4.78 is 6.92. The van der Waals surface area contributed by atoms with E-state index in [1.165, 1.54) is 15.9 Å².